The molecule has 1 aromatic heterocycles. The van der Waals surface area contributed by atoms with Gasteiger partial charge in [-0.15, -0.1) is 0 Å². The van der Waals surface area contributed by atoms with E-state index < -0.39 is 0 Å². The van der Waals surface area contributed by atoms with Gasteiger partial charge in [-0.2, -0.15) is 0 Å². The molecule has 0 atom stereocenters. The van der Waals surface area contributed by atoms with Crippen LogP contribution in [-0.4, -0.2) is 18.6 Å². The average molecular weight is 324 g/mol. The Morgan fingerprint density at radius 1 is 1.12 bits per heavy atom. The van der Waals surface area contributed by atoms with Crippen molar-refractivity contribution in [3.63, 3.8) is 0 Å². The zero-order chi connectivity index (χ0) is 16.1. The molecule has 3 heteroatoms. The number of hydrogen-bond donors (Lipinski definition) is 2. The molecule has 0 aliphatic heterocycles. The van der Waals surface area contributed by atoms with E-state index in [0.717, 1.165) is 30.0 Å². The lowest BCUT2D eigenvalue weighted by Gasteiger charge is -2.57. The average Bonchev–Trinajstić information content (AvgIpc) is 2.96. The first-order chi connectivity index (χ1) is 11.7. The highest BCUT2D eigenvalue weighted by molar-refractivity contribution is 5.84. The second-order valence-electron chi connectivity index (χ2n) is 8.75. The van der Waals surface area contributed by atoms with E-state index in [2.05, 4.69) is 28.6 Å². The van der Waals surface area contributed by atoms with E-state index in [4.69, 9.17) is 4.74 Å². The van der Waals surface area contributed by atoms with Crippen LogP contribution in [0.15, 0.2) is 24.4 Å². The summed E-state index contributed by atoms with van der Waals surface area (Å²) in [6.07, 6.45) is 11.2. The normalized spacial score (nSPS) is 34.1. The minimum Gasteiger partial charge on any atom is -0.497 e. The molecule has 4 bridgehead atoms. The second-order valence-corrected chi connectivity index (χ2v) is 8.75. The van der Waals surface area contributed by atoms with Crippen LogP contribution >= 0.6 is 0 Å². The molecule has 4 saturated carbocycles. The summed E-state index contributed by atoms with van der Waals surface area (Å²) in [6.45, 7) is 2.15. The first-order valence-electron chi connectivity index (χ1n) is 9.58. The van der Waals surface area contributed by atoms with Gasteiger partial charge in [0.1, 0.15) is 5.75 Å². The van der Waals surface area contributed by atoms with Crippen molar-refractivity contribution in [3.05, 3.63) is 30.0 Å². The summed E-state index contributed by atoms with van der Waals surface area (Å²) in [6, 6.07) is 6.27. The van der Waals surface area contributed by atoms with Crippen molar-refractivity contribution in [1.29, 1.82) is 0 Å². The van der Waals surface area contributed by atoms with Crippen LogP contribution in [-0.2, 0) is 6.54 Å². The van der Waals surface area contributed by atoms with E-state index in [1.165, 1.54) is 61.5 Å². The molecule has 0 spiro atoms. The summed E-state index contributed by atoms with van der Waals surface area (Å²) in [5.41, 5.74) is 3.16. The van der Waals surface area contributed by atoms with Crippen molar-refractivity contribution >= 4 is 10.9 Å². The van der Waals surface area contributed by atoms with Gasteiger partial charge in [0, 0.05) is 30.2 Å². The number of H-pyrrole nitrogens is 1. The first-order valence-corrected chi connectivity index (χ1v) is 9.58. The highest BCUT2D eigenvalue weighted by Crippen LogP contribution is 2.59. The first kappa shape index (κ1) is 14.8. The molecule has 3 nitrogen and oxygen atoms in total. The van der Waals surface area contributed by atoms with E-state index in [0.29, 0.717) is 5.41 Å². The molecule has 2 aromatic rings. The van der Waals surface area contributed by atoms with E-state index >= 15 is 0 Å². The maximum absolute atomic E-state index is 5.38. The summed E-state index contributed by atoms with van der Waals surface area (Å²) in [5.74, 6) is 4.05. The van der Waals surface area contributed by atoms with Gasteiger partial charge in [-0.05, 0) is 85.5 Å². The fourth-order valence-corrected chi connectivity index (χ4v) is 6.40. The SMILES string of the molecule is COc1ccc2[nH]cc(CNCC34CC5CC(CC(C5)C3)C4)c2c1. The van der Waals surface area contributed by atoms with Crippen LogP contribution in [0.5, 0.6) is 5.75 Å². The van der Waals surface area contributed by atoms with Gasteiger partial charge in [0.25, 0.3) is 0 Å². The number of rotatable bonds is 5. The lowest BCUT2D eigenvalue weighted by molar-refractivity contribution is -0.0514. The lowest BCUT2D eigenvalue weighted by atomic mass is 9.49. The Morgan fingerprint density at radius 3 is 2.50 bits per heavy atom. The number of ether oxygens (including phenoxy) is 1. The van der Waals surface area contributed by atoms with Gasteiger partial charge < -0.3 is 15.0 Å². The van der Waals surface area contributed by atoms with Gasteiger partial charge in [-0.25, -0.2) is 0 Å². The molecule has 0 unspecified atom stereocenters. The minimum absolute atomic E-state index is 0.610. The lowest BCUT2D eigenvalue weighted by Crippen LogP contribution is -2.50. The van der Waals surface area contributed by atoms with Gasteiger partial charge in [-0.3, -0.25) is 0 Å². The zero-order valence-electron chi connectivity index (χ0n) is 14.6. The topological polar surface area (TPSA) is 37.0 Å². The summed E-state index contributed by atoms with van der Waals surface area (Å²) in [7, 11) is 1.73. The van der Waals surface area contributed by atoms with Gasteiger partial charge in [0.05, 0.1) is 7.11 Å². The number of aromatic nitrogens is 1. The second kappa shape index (κ2) is 5.52. The maximum Gasteiger partial charge on any atom is 0.119 e. The third kappa shape index (κ3) is 2.45. The molecular formula is C21H28N2O. The van der Waals surface area contributed by atoms with Crippen LogP contribution in [0, 0.1) is 23.2 Å². The molecule has 128 valence electrons. The number of nitrogens with one attached hydrogen (secondary N) is 2. The van der Waals surface area contributed by atoms with Crippen molar-refractivity contribution in [1.82, 2.24) is 10.3 Å². The Balaban J connectivity index is 1.28. The highest BCUT2D eigenvalue weighted by Gasteiger charge is 2.50. The van der Waals surface area contributed by atoms with Gasteiger partial charge in [0.15, 0.2) is 0 Å². The zero-order valence-corrected chi connectivity index (χ0v) is 14.6. The van der Waals surface area contributed by atoms with Crippen molar-refractivity contribution < 1.29 is 4.74 Å². The molecule has 0 amide bonds. The van der Waals surface area contributed by atoms with Crippen LogP contribution in [0.3, 0.4) is 0 Å². The smallest absolute Gasteiger partial charge is 0.119 e. The number of methoxy groups -OCH3 is 1. The highest BCUT2D eigenvalue weighted by atomic mass is 16.5. The molecule has 1 heterocycles. The molecule has 4 aliphatic carbocycles. The number of hydrogen-bond acceptors (Lipinski definition) is 2. The molecule has 24 heavy (non-hydrogen) atoms. The Morgan fingerprint density at radius 2 is 1.83 bits per heavy atom. The Bertz CT molecular complexity index is 712. The number of fused-ring (bicyclic) bond motifs is 1. The minimum atomic E-state index is 0.610. The van der Waals surface area contributed by atoms with Crippen LogP contribution < -0.4 is 10.1 Å². The molecule has 4 aliphatic rings. The maximum atomic E-state index is 5.38. The molecule has 6 rings (SSSR count). The quantitative estimate of drug-likeness (QED) is 0.850. The molecule has 1 aromatic carbocycles. The van der Waals surface area contributed by atoms with Gasteiger partial charge >= 0.3 is 0 Å². The van der Waals surface area contributed by atoms with Crippen LogP contribution in [0.2, 0.25) is 0 Å². The predicted octanol–water partition coefficient (Wildman–Crippen LogP) is 4.48. The third-order valence-electron chi connectivity index (χ3n) is 6.96. The van der Waals surface area contributed by atoms with E-state index in [-0.39, 0.29) is 0 Å². The summed E-state index contributed by atoms with van der Waals surface area (Å²) in [4.78, 5) is 3.39. The monoisotopic (exact) mass is 324 g/mol. The van der Waals surface area contributed by atoms with Crippen LogP contribution in [0.1, 0.15) is 44.1 Å². The van der Waals surface area contributed by atoms with Crippen LogP contribution in [0.4, 0.5) is 0 Å². The Hall–Kier alpha value is -1.48. The van der Waals surface area contributed by atoms with E-state index in [1.807, 2.05) is 6.07 Å². The standard InChI is InChI=1S/C21H28N2O/c1-24-18-2-3-20-19(7-18)17(12-23-20)11-22-13-21-8-14-4-15(9-21)6-16(5-14)10-21/h2-3,7,12,14-16,22-23H,4-6,8-11,13H2,1H3. The molecule has 4 fully saturated rings. The van der Waals surface area contributed by atoms with Crippen molar-refractivity contribution in [2.75, 3.05) is 13.7 Å². The molecular weight excluding hydrogens is 296 g/mol. The largest absolute Gasteiger partial charge is 0.497 e. The summed E-state index contributed by atoms with van der Waals surface area (Å²) < 4.78 is 5.38. The fraction of sp³-hybridized carbons (Fsp3) is 0.619. The van der Waals surface area contributed by atoms with E-state index in [1.54, 1.807) is 7.11 Å². The van der Waals surface area contributed by atoms with Gasteiger partial charge in [-0.1, -0.05) is 0 Å². The Kier molecular flexibility index (Phi) is 3.41. The number of aromatic amines is 1. The molecule has 2 N–H and O–H groups in total. The Labute approximate surface area is 144 Å². The van der Waals surface area contributed by atoms with Crippen LogP contribution in [0.25, 0.3) is 10.9 Å². The third-order valence-corrected chi connectivity index (χ3v) is 6.96. The number of benzene rings is 1. The van der Waals surface area contributed by atoms with Crippen molar-refractivity contribution in [2.24, 2.45) is 23.2 Å². The van der Waals surface area contributed by atoms with Gasteiger partial charge in [0.2, 0.25) is 0 Å². The molecule has 0 saturated heterocycles. The van der Waals surface area contributed by atoms with Crippen molar-refractivity contribution in [2.45, 2.75) is 45.1 Å². The van der Waals surface area contributed by atoms with Crippen molar-refractivity contribution in [3.8, 4) is 5.75 Å². The molecule has 0 radical (unpaired) electrons. The van der Waals surface area contributed by atoms with E-state index in [9.17, 15) is 0 Å². The summed E-state index contributed by atoms with van der Waals surface area (Å²) >= 11 is 0. The summed E-state index contributed by atoms with van der Waals surface area (Å²) in [5, 5.41) is 5.10. The predicted molar refractivity (Wildman–Crippen MR) is 97.2 cm³/mol. The fourth-order valence-electron chi connectivity index (χ4n) is 6.40.